The van der Waals surface area contributed by atoms with Gasteiger partial charge in [0.2, 0.25) is 6.41 Å². The first-order valence-electron chi connectivity index (χ1n) is 6.86. The molecule has 0 aliphatic heterocycles. The molecule has 6 nitrogen and oxygen atoms in total. The van der Waals surface area contributed by atoms with Gasteiger partial charge in [0.1, 0.15) is 11.6 Å². The third kappa shape index (κ3) is 5.55. The number of methoxy groups -OCH3 is 1. The van der Waals surface area contributed by atoms with Crippen molar-refractivity contribution in [2.45, 2.75) is 38.8 Å². The molecule has 0 aliphatic rings. The van der Waals surface area contributed by atoms with Crippen LogP contribution < -0.4 is 5.32 Å². The number of esters is 2. The molecular weight excluding hydrogens is 286 g/mol. The zero-order valence-corrected chi connectivity index (χ0v) is 13.2. The molecule has 0 saturated heterocycles. The number of ether oxygens (including phenoxy) is 2. The molecule has 1 amide bonds. The van der Waals surface area contributed by atoms with Crippen LogP contribution >= 0.6 is 0 Å². The predicted molar refractivity (Wildman–Crippen MR) is 80.3 cm³/mol. The molecule has 0 radical (unpaired) electrons. The number of rotatable bonds is 6. The molecule has 0 saturated carbocycles. The van der Waals surface area contributed by atoms with Crippen molar-refractivity contribution < 1.29 is 23.9 Å². The first-order valence-corrected chi connectivity index (χ1v) is 6.86. The second-order valence-corrected chi connectivity index (χ2v) is 5.76. The Kier molecular flexibility index (Phi) is 6.10. The Morgan fingerprint density at radius 1 is 1.23 bits per heavy atom. The molecule has 120 valence electrons. The number of nitrogens with one attached hydrogen (secondary N) is 1. The van der Waals surface area contributed by atoms with Crippen LogP contribution in [0.1, 0.15) is 36.7 Å². The molecule has 1 rings (SSSR count). The van der Waals surface area contributed by atoms with Crippen molar-refractivity contribution in [3.63, 3.8) is 0 Å². The minimum atomic E-state index is -0.755. The van der Waals surface area contributed by atoms with Crippen LogP contribution in [0.3, 0.4) is 0 Å². The zero-order valence-electron chi connectivity index (χ0n) is 13.2. The molecule has 6 heteroatoms. The van der Waals surface area contributed by atoms with Crippen molar-refractivity contribution in [2.24, 2.45) is 0 Å². The fraction of sp³-hybridized carbons (Fsp3) is 0.438. The minimum absolute atomic E-state index is 0.278. The molecule has 0 bridgehead atoms. The molecule has 1 aromatic rings. The average Bonchev–Trinajstić information content (AvgIpc) is 2.45. The van der Waals surface area contributed by atoms with Crippen LogP contribution in [-0.4, -0.2) is 37.1 Å². The summed E-state index contributed by atoms with van der Waals surface area (Å²) in [6.07, 6.45) is 0.733. The van der Waals surface area contributed by atoms with Crippen molar-refractivity contribution in [2.75, 3.05) is 7.11 Å². The van der Waals surface area contributed by atoms with Crippen LogP contribution in [0.5, 0.6) is 0 Å². The molecule has 1 aromatic carbocycles. The Labute approximate surface area is 129 Å². The summed E-state index contributed by atoms with van der Waals surface area (Å²) in [4.78, 5) is 33.9. The number of hydrogen-bond donors (Lipinski definition) is 1. The third-order valence-electron chi connectivity index (χ3n) is 2.78. The fourth-order valence-electron chi connectivity index (χ4n) is 1.78. The highest BCUT2D eigenvalue weighted by Gasteiger charge is 2.20. The van der Waals surface area contributed by atoms with Crippen molar-refractivity contribution in [1.29, 1.82) is 0 Å². The van der Waals surface area contributed by atoms with Crippen molar-refractivity contribution in [3.05, 3.63) is 35.4 Å². The lowest BCUT2D eigenvalue weighted by Gasteiger charge is -2.19. The molecule has 1 atom stereocenters. The number of amides is 1. The standard InChI is InChI=1S/C16H21NO5/c1-16(2,3)22-14(19)12-7-5-11(6-8-12)9-13(17-10-18)15(20)21-4/h5-8,10,13H,9H2,1-4H3,(H,17,18). The van der Waals surface area contributed by atoms with Crippen LogP contribution in [0, 0.1) is 0 Å². The summed E-state index contributed by atoms with van der Waals surface area (Å²) < 4.78 is 9.89. The maximum absolute atomic E-state index is 11.9. The average molecular weight is 307 g/mol. The Morgan fingerprint density at radius 2 is 1.82 bits per heavy atom. The first-order chi connectivity index (χ1) is 10.3. The van der Waals surface area contributed by atoms with Crippen LogP contribution in [-0.2, 0) is 25.5 Å². The Morgan fingerprint density at radius 3 is 2.27 bits per heavy atom. The Balaban J connectivity index is 2.77. The summed E-state index contributed by atoms with van der Waals surface area (Å²) in [5.74, 6) is -0.932. The summed E-state index contributed by atoms with van der Waals surface area (Å²) in [6, 6.07) is 5.91. The van der Waals surface area contributed by atoms with Gasteiger partial charge < -0.3 is 14.8 Å². The van der Waals surface area contributed by atoms with E-state index in [4.69, 9.17) is 4.74 Å². The van der Waals surface area contributed by atoms with Gasteiger partial charge in [-0.25, -0.2) is 9.59 Å². The monoisotopic (exact) mass is 307 g/mol. The maximum atomic E-state index is 11.9. The molecule has 0 aliphatic carbocycles. The van der Waals surface area contributed by atoms with Crippen LogP contribution in [0.15, 0.2) is 24.3 Å². The van der Waals surface area contributed by atoms with Gasteiger partial charge in [0.25, 0.3) is 0 Å². The van der Waals surface area contributed by atoms with Crippen LogP contribution in [0.25, 0.3) is 0 Å². The molecular formula is C16H21NO5. The van der Waals surface area contributed by atoms with E-state index in [1.165, 1.54) is 7.11 Å². The lowest BCUT2D eigenvalue weighted by atomic mass is 10.0. The lowest BCUT2D eigenvalue weighted by Crippen LogP contribution is -2.38. The second-order valence-electron chi connectivity index (χ2n) is 5.76. The highest BCUT2D eigenvalue weighted by atomic mass is 16.6. The molecule has 1 N–H and O–H groups in total. The van der Waals surface area contributed by atoms with Gasteiger partial charge in [-0.1, -0.05) is 12.1 Å². The van der Waals surface area contributed by atoms with E-state index in [2.05, 4.69) is 10.1 Å². The Hall–Kier alpha value is -2.37. The summed E-state index contributed by atoms with van der Waals surface area (Å²) in [5, 5.41) is 2.40. The van der Waals surface area contributed by atoms with Gasteiger partial charge in [-0.2, -0.15) is 0 Å². The highest BCUT2D eigenvalue weighted by molar-refractivity contribution is 5.89. The highest BCUT2D eigenvalue weighted by Crippen LogP contribution is 2.13. The number of hydrogen-bond acceptors (Lipinski definition) is 5. The predicted octanol–water partition coefficient (Wildman–Crippen LogP) is 1.47. The fourth-order valence-corrected chi connectivity index (χ4v) is 1.78. The van der Waals surface area contributed by atoms with E-state index in [9.17, 15) is 14.4 Å². The number of benzene rings is 1. The smallest absolute Gasteiger partial charge is 0.338 e. The largest absolute Gasteiger partial charge is 0.467 e. The van der Waals surface area contributed by atoms with E-state index in [1.54, 1.807) is 45.0 Å². The van der Waals surface area contributed by atoms with Crippen molar-refractivity contribution >= 4 is 18.3 Å². The van der Waals surface area contributed by atoms with Crippen molar-refractivity contribution in [1.82, 2.24) is 5.32 Å². The molecule has 22 heavy (non-hydrogen) atoms. The minimum Gasteiger partial charge on any atom is -0.467 e. The van der Waals surface area contributed by atoms with Gasteiger partial charge >= 0.3 is 11.9 Å². The lowest BCUT2D eigenvalue weighted by molar-refractivity contribution is -0.144. The molecule has 0 aromatic heterocycles. The van der Waals surface area contributed by atoms with E-state index in [0.29, 0.717) is 12.0 Å². The Bertz CT molecular complexity index is 530. The zero-order chi connectivity index (χ0) is 16.8. The van der Waals surface area contributed by atoms with Gasteiger partial charge in [0.05, 0.1) is 12.7 Å². The number of carbonyl (C=O) groups excluding carboxylic acids is 3. The van der Waals surface area contributed by atoms with Crippen molar-refractivity contribution in [3.8, 4) is 0 Å². The van der Waals surface area contributed by atoms with E-state index in [-0.39, 0.29) is 6.42 Å². The van der Waals surface area contributed by atoms with Gasteiger partial charge in [0, 0.05) is 6.42 Å². The normalized spacial score (nSPS) is 12.2. The van der Waals surface area contributed by atoms with Gasteiger partial charge in [-0.3, -0.25) is 4.79 Å². The van der Waals surface area contributed by atoms with Crippen LogP contribution in [0.2, 0.25) is 0 Å². The summed E-state index contributed by atoms with van der Waals surface area (Å²) in [7, 11) is 1.26. The van der Waals surface area contributed by atoms with Gasteiger partial charge in [-0.15, -0.1) is 0 Å². The topological polar surface area (TPSA) is 81.7 Å². The van der Waals surface area contributed by atoms with Gasteiger partial charge in [0.15, 0.2) is 0 Å². The quantitative estimate of drug-likeness (QED) is 0.636. The SMILES string of the molecule is COC(=O)C(Cc1ccc(C(=O)OC(C)(C)C)cc1)NC=O. The molecule has 0 spiro atoms. The molecule has 0 heterocycles. The third-order valence-corrected chi connectivity index (χ3v) is 2.78. The molecule has 1 unspecified atom stereocenters. The number of carbonyl (C=O) groups is 3. The van der Waals surface area contributed by atoms with Gasteiger partial charge in [-0.05, 0) is 38.5 Å². The summed E-state index contributed by atoms with van der Waals surface area (Å²) in [5.41, 5.74) is 0.660. The molecule has 0 fully saturated rings. The van der Waals surface area contributed by atoms with E-state index >= 15 is 0 Å². The van der Waals surface area contributed by atoms with E-state index in [0.717, 1.165) is 5.56 Å². The second kappa shape index (κ2) is 7.59. The maximum Gasteiger partial charge on any atom is 0.338 e. The van der Waals surface area contributed by atoms with E-state index in [1.807, 2.05) is 0 Å². The summed E-state index contributed by atoms with van der Waals surface area (Å²) >= 11 is 0. The first kappa shape index (κ1) is 17.7. The summed E-state index contributed by atoms with van der Waals surface area (Å²) in [6.45, 7) is 5.39. The van der Waals surface area contributed by atoms with Crippen LogP contribution in [0.4, 0.5) is 0 Å². The van der Waals surface area contributed by atoms with E-state index < -0.39 is 23.6 Å².